The van der Waals surface area contributed by atoms with E-state index in [0.29, 0.717) is 6.54 Å². The average Bonchev–Trinajstić information content (AvgIpc) is 2.95. The lowest BCUT2D eigenvalue weighted by molar-refractivity contribution is -0.380. The fraction of sp³-hybridized carbons (Fsp3) is 0.333. The van der Waals surface area contributed by atoms with Crippen LogP contribution < -0.4 is 10.1 Å². The number of nitro groups is 1. The highest BCUT2D eigenvalue weighted by atomic mass is 32.1. The summed E-state index contributed by atoms with van der Waals surface area (Å²) in [7, 11) is 1.67. The third-order valence-electron chi connectivity index (χ3n) is 3.19. The number of nitrogens with zero attached hydrogens (tertiary/aromatic N) is 1. The second-order valence-electron chi connectivity index (χ2n) is 4.85. The lowest BCUT2D eigenvalue weighted by Crippen LogP contribution is -2.27. The largest absolute Gasteiger partial charge is 0.496 e. The van der Waals surface area contributed by atoms with Crippen molar-refractivity contribution >= 4 is 16.3 Å². The Hall–Kier alpha value is -1.92. The smallest absolute Gasteiger partial charge is 0.324 e. The molecule has 21 heavy (non-hydrogen) atoms. The van der Waals surface area contributed by atoms with Gasteiger partial charge in [-0.3, -0.25) is 10.1 Å². The van der Waals surface area contributed by atoms with Crippen molar-refractivity contribution in [3.63, 3.8) is 0 Å². The fourth-order valence-electron chi connectivity index (χ4n) is 2.12. The van der Waals surface area contributed by atoms with E-state index in [9.17, 15) is 10.1 Å². The molecule has 0 amide bonds. The van der Waals surface area contributed by atoms with Gasteiger partial charge in [0.05, 0.1) is 12.0 Å². The van der Waals surface area contributed by atoms with Gasteiger partial charge in [0.25, 0.3) is 0 Å². The lowest BCUT2D eigenvalue weighted by atomic mass is 10.1. The summed E-state index contributed by atoms with van der Waals surface area (Å²) in [5.41, 5.74) is 2.09. The molecule has 2 aromatic rings. The molecular weight excluding hydrogens is 288 g/mol. The Balaban J connectivity index is 1.89. The van der Waals surface area contributed by atoms with Crippen LogP contribution in [0.3, 0.4) is 0 Å². The molecule has 0 aliphatic carbocycles. The Morgan fingerprint density at radius 2 is 2.19 bits per heavy atom. The van der Waals surface area contributed by atoms with E-state index in [4.69, 9.17) is 4.74 Å². The zero-order valence-electron chi connectivity index (χ0n) is 12.0. The van der Waals surface area contributed by atoms with Crippen molar-refractivity contribution in [3.05, 3.63) is 57.0 Å². The number of para-hydroxylation sites is 1. The second-order valence-corrected chi connectivity index (χ2v) is 5.74. The van der Waals surface area contributed by atoms with Gasteiger partial charge in [0.2, 0.25) is 0 Å². The highest BCUT2D eigenvalue weighted by molar-refractivity contribution is 7.13. The zero-order valence-corrected chi connectivity index (χ0v) is 12.9. The van der Waals surface area contributed by atoms with Crippen LogP contribution in [0.4, 0.5) is 5.00 Å². The first kappa shape index (κ1) is 15.5. The minimum absolute atomic E-state index is 0.184. The van der Waals surface area contributed by atoms with Crippen LogP contribution in [0.2, 0.25) is 0 Å². The standard InChI is InChI=1S/C15H18N2O3S/c1-11(7-13-5-3-4-6-14(13)20-2)16-9-12-8-15(17(18)19)21-10-12/h3-6,8,10-11,16H,7,9H2,1-2H3. The molecule has 112 valence electrons. The maximum Gasteiger partial charge on any atom is 0.324 e. The molecule has 1 unspecified atom stereocenters. The van der Waals surface area contributed by atoms with Crippen LogP contribution in [0.1, 0.15) is 18.1 Å². The maximum absolute atomic E-state index is 10.6. The molecule has 0 saturated heterocycles. The third kappa shape index (κ3) is 4.27. The molecule has 0 spiro atoms. The zero-order chi connectivity index (χ0) is 15.2. The van der Waals surface area contributed by atoms with Gasteiger partial charge in [0.15, 0.2) is 0 Å². The number of rotatable bonds is 7. The molecule has 2 rings (SSSR count). The number of hydrogen-bond acceptors (Lipinski definition) is 5. The second kappa shape index (κ2) is 7.19. The van der Waals surface area contributed by atoms with Gasteiger partial charge in [-0.15, -0.1) is 0 Å². The highest BCUT2D eigenvalue weighted by Crippen LogP contribution is 2.23. The summed E-state index contributed by atoms with van der Waals surface area (Å²) in [6.07, 6.45) is 0.843. The molecule has 1 aromatic carbocycles. The average molecular weight is 306 g/mol. The van der Waals surface area contributed by atoms with Crippen molar-refractivity contribution in [2.75, 3.05) is 7.11 Å². The topological polar surface area (TPSA) is 64.4 Å². The molecule has 6 heteroatoms. The van der Waals surface area contributed by atoms with Crippen LogP contribution in [0, 0.1) is 10.1 Å². The van der Waals surface area contributed by atoms with E-state index in [0.717, 1.165) is 34.6 Å². The quantitative estimate of drug-likeness (QED) is 0.629. The van der Waals surface area contributed by atoms with Crippen molar-refractivity contribution in [2.45, 2.75) is 25.9 Å². The molecule has 1 N–H and O–H groups in total. The SMILES string of the molecule is COc1ccccc1CC(C)NCc1csc([N+](=O)[O-])c1. The Morgan fingerprint density at radius 3 is 2.86 bits per heavy atom. The summed E-state index contributed by atoms with van der Waals surface area (Å²) in [5.74, 6) is 0.886. The van der Waals surface area contributed by atoms with Gasteiger partial charge in [-0.25, -0.2) is 0 Å². The van der Waals surface area contributed by atoms with E-state index in [1.54, 1.807) is 13.2 Å². The summed E-state index contributed by atoms with van der Waals surface area (Å²) in [6, 6.07) is 9.81. The third-order valence-corrected chi connectivity index (χ3v) is 4.12. The Kier molecular flexibility index (Phi) is 5.30. The molecule has 0 aliphatic rings. The minimum Gasteiger partial charge on any atom is -0.496 e. The van der Waals surface area contributed by atoms with Crippen LogP contribution >= 0.6 is 11.3 Å². The lowest BCUT2D eigenvalue weighted by Gasteiger charge is -2.15. The van der Waals surface area contributed by atoms with E-state index < -0.39 is 0 Å². The van der Waals surface area contributed by atoms with Crippen LogP contribution in [-0.2, 0) is 13.0 Å². The van der Waals surface area contributed by atoms with Gasteiger partial charge >= 0.3 is 5.00 Å². The van der Waals surface area contributed by atoms with Crippen LogP contribution in [-0.4, -0.2) is 18.1 Å². The van der Waals surface area contributed by atoms with Crippen molar-refractivity contribution in [2.24, 2.45) is 0 Å². The Bertz CT molecular complexity index is 612. The highest BCUT2D eigenvalue weighted by Gasteiger charge is 2.11. The van der Waals surface area contributed by atoms with Crippen molar-refractivity contribution in [3.8, 4) is 5.75 Å². The number of nitrogens with one attached hydrogen (secondary N) is 1. The van der Waals surface area contributed by atoms with E-state index in [1.165, 1.54) is 0 Å². The monoisotopic (exact) mass is 306 g/mol. The number of hydrogen-bond donors (Lipinski definition) is 1. The molecule has 5 nitrogen and oxygen atoms in total. The maximum atomic E-state index is 10.6. The molecule has 0 radical (unpaired) electrons. The molecule has 0 aliphatic heterocycles. The van der Waals surface area contributed by atoms with Crippen molar-refractivity contribution < 1.29 is 9.66 Å². The van der Waals surface area contributed by atoms with Gasteiger partial charge in [-0.05, 0) is 30.5 Å². The van der Waals surface area contributed by atoms with Crippen LogP contribution in [0.15, 0.2) is 35.7 Å². The molecule has 1 aromatic heterocycles. The minimum atomic E-state index is -0.355. The normalized spacial score (nSPS) is 12.1. The van der Waals surface area contributed by atoms with E-state index in [-0.39, 0.29) is 16.0 Å². The fourth-order valence-corrected chi connectivity index (χ4v) is 2.85. The van der Waals surface area contributed by atoms with Crippen LogP contribution in [0.25, 0.3) is 0 Å². The molecule has 0 saturated carbocycles. The molecular formula is C15H18N2O3S. The van der Waals surface area contributed by atoms with Gasteiger partial charge in [0.1, 0.15) is 5.75 Å². The molecule has 0 fully saturated rings. The molecule has 0 bridgehead atoms. The molecule has 1 atom stereocenters. The summed E-state index contributed by atoms with van der Waals surface area (Å²) in [5, 5.41) is 16.0. The van der Waals surface area contributed by atoms with Gasteiger partial charge in [-0.1, -0.05) is 29.5 Å². The number of benzene rings is 1. The van der Waals surface area contributed by atoms with Crippen LogP contribution in [0.5, 0.6) is 5.75 Å². The summed E-state index contributed by atoms with van der Waals surface area (Å²) in [6.45, 7) is 2.72. The first-order chi connectivity index (χ1) is 10.1. The summed E-state index contributed by atoms with van der Waals surface area (Å²) < 4.78 is 5.34. The predicted molar refractivity (Wildman–Crippen MR) is 84.0 cm³/mol. The predicted octanol–water partition coefficient (Wildman–Crippen LogP) is 3.39. The first-order valence-electron chi connectivity index (χ1n) is 6.67. The number of thiophene rings is 1. The van der Waals surface area contributed by atoms with Crippen molar-refractivity contribution in [1.29, 1.82) is 0 Å². The van der Waals surface area contributed by atoms with E-state index >= 15 is 0 Å². The summed E-state index contributed by atoms with van der Waals surface area (Å²) >= 11 is 1.16. The first-order valence-corrected chi connectivity index (χ1v) is 7.55. The Labute approximate surface area is 127 Å². The number of methoxy groups -OCH3 is 1. The molecule has 1 heterocycles. The Morgan fingerprint density at radius 1 is 1.43 bits per heavy atom. The van der Waals surface area contributed by atoms with Gasteiger partial charge in [-0.2, -0.15) is 0 Å². The van der Waals surface area contributed by atoms with Gasteiger partial charge < -0.3 is 10.1 Å². The number of ether oxygens (including phenoxy) is 1. The van der Waals surface area contributed by atoms with Gasteiger partial charge in [0, 0.05) is 24.0 Å². The van der Waals surface area contributed by atoms with Crippen molar-refractivity contribution in [1.82, 2.24) is 5.32 Å². The summed E-state index contributed by atoms with van der Waals surface area (Å²) in [4.78, 5) is 10.3. The van der Waals surface area contributed by atoms with E-state index in [2.05, 4.69) is 12.2 Å². The van der Waals surface area contributed by atoms with E-state index in [1.807, 2.05) is 29.6 Å².